The molecule has 4 heterocycles. The van der Waals surface area contributed by atoms with Crippen LogP contribution < -0.4 is 0 Å². The minimum Gasteiger partial charge on any atom is -0.376 e. The number of pyridine rings is 2. The average Bonchev–Trinajstić information content (AvgIpc) is 2.94. The van der Waals surface area contributed by atoms with E-state index in [1.807, 2.05) is 36.8 Å². The summed E-state index contributed by atoms with van der Waals surface area (Å²) < 4.78 is 5.97. The Morgan fingerprint density at radius 3 is 2.77 bits per heavy atom. The van der Waals surface area contributed by atoms with E-state index in [9.17, 15) is 0 Å². The fourth-order valence-electron chi connectivity index (χ4n) is 4.44. The molecule has 5 heteroatoms. The molecule has 5 nitrogen and oxygen atoms in total. The van der Waals surface area contributed by atoms with Gasteiger partial charge in [-0.25, -0.2) is 0 Å². The fourth-order valence-corrected chi connectivity index (χ4v) is 4.44. The van der Waals surface area contributed by atoms with Crippen LogP contribution in [0.2, 0.25) is 0 Å². The van der Waals surface area contributed by atoms with E-state index < -0.39 is 0 Å². The minimum atomic E-state index is 0.341. The average molecular weight is 352 g/mol. The van der Waals surface area contributed by atoms with Crippen LogP contribution in [0.4, 0.5) is 0 Å². The molecule has 0 aromatic carbocycles. The van der Waals surface area contributed by atoms with Crippen molar-refractivity contribution in [2.45, 2.75) is 32.0 Å². The lowest BCUT2D eigenvalue weighted by Gasteiger charge is -2.52. The minimum absolute atomic E-state index is 0.341. The van der Waals surface area contributed by atoms with Gasteiger partial charge in [0.25, 0.3) is 0 Å². The van der Waals surface area contributed by atoms with E-state index in [0.29, 0.717) is 18.1 Å². The predicted molar refractivity (Wildman–Crippen MR) is 102 cm³/mol. The largest absolute Gasteiger partial charge is 0.376 e. The van der Waals surface area contributed by atoms with E-state index in [-0.39, 0.29) is 0 Å². The summed E-state index contributed by atoms with van der Waals surface area (Å²) >= 11 is 0. The van der Waals surface area contributed by atoms with E-state index in [0.717, 1.165) is 32.8 Å². The molecule has 2 aliphatic rings. The van der Waals surface area contributed by atoms with Crippen molar-refractivity contribution < 1.29 is 4.74 Å². The Hall–Kier alpha value is -1.82. The first-order valence-electron chi connectivity index (χ1n) is 9.45. The fraction of sp³-hybridized carbons (Fsp3) is 0.524. The monoisotopic (exact) mass is 352 g/mol. The first kappa shape index (κ1) is 17.6. The second-order valence-electron chi connectivity index (χ2n) is 7.96. The number of hydrogen-bond donors (Lipinski definition) is 0. The summed E-state index contributed by atoms with van der Waals surface area (Å²) in [5.41, 5.74) is 4.03. The maximum Gasteiger partial charge on any atom is 0.0718 e. The number of rotatable bonds is 6. The normalized spacial score (nSPS) is 22.6. The van der Waals surface area contributed by atoms with Crippen LogP contribution in [0.25, 0.3) is 0 Å². The van der Waals surface area contributed by atoms with E-state index in [1.54, 1.807) is 0 Å². The molecule has 1 atom stereocenters. The van der Waals surface area contributed by atoms with Gasteiger partial charge in [0.05, 0.1) is 18.9 Å². The molecular formula is C21H28N4O. The third-order valence-corrected chi connectivity index (χ3v) is 5.91. The number of hydrogen-bond acceptors (Lipinski definition) is 5. The van der Waals surface area contributed by atoms with Gasteiger partial charge in [0, 0.05) is 50.3 Å². The molecule has 1 spiro atoms. The highest BCUT2D eigenvalue weighted by Crippen LogP contribution is 2.40. The maximum atomic E-state index is 5.97. The van der Waals surface area contributed by atoms with Crippen LogP contribution in [-0.4, -0.2) is 58.6 Å². The van der Waals surface area contributed by atoms with Crippen molar-refractivity contribution in [2.75, 3.05) is 33.3 Å². The molecule has 0 saturated carbocycles. The lowest BCUT2D eigenvalue weighted by atomic mass is 9.84. The molecule has 0 N–H and O–H groups in total. The van der Waals surface area contributed by atoms with Crippen LogP contribution in [-0.2, 0) is 17.9 Å². The van der Waals surface area contributed by atoms with Gasteiger partial charge in [0.15, 0.2) is 0 Å². The lowest BCUT2D eigenvalue weighted by Crippen LogP contribution is -2.66. The summed E-state index contributed by atoms with van der Waals surface area (Å²) in [5.74, 6) is 0.626. The van der Waals surface area contributed by atoms with Crippen molar-refractivity contribution in [3.63, 3.8) is 0 Å². The predicted octanol–water partition coefficient (Wildman–Crippen LogP) is 2.51. The number of likely N-dealkylation sites (N-methyl/N-ethyl adjacent to an activating group) is 1. The van der Waals surface area contributed by atoms with Crippen molar-refractivity contribution >= 4 is 0 Å². The summed E-state index contributed by atoms with van der Waals surface area (Å²) in [6.07, 6.45) is 6.78. The second kappa shape index (κ2) is 7.43. The van der Waals surface area contributed by atoms with Gasteiger partial charge in [-0.1, -0.05) is 6.07 Å². The van der Waals surface area contributed by atoms with Crippen molar-refractivity contribution in [1.82, 2.24) is 19.8 Å². The molecule has 26 heavy (non-hydrogen) atoms. The second-order valence-corrected chi connectivity index (χ2v) is 7.96. The molecule has 2 aliphatic heterocycles. The van der Waals surface area contributed by atoms with E-state index >= 15 is 0 Å². The van der Waals surface area contributed by atoms with Crippen molar-refractivity contribution in [2.24, 2.45) is 5.92 Å². The third kappa shape index (κ3) is 3.65. The van der Waals surface area contributed by atoms with Gasteiger partial charge in [-0.05, 0) is 55.6 Å². The Bertz CT molecular complexity index is 730. The summed E-state index contributed by atoms with van der Waals surface area (Å²) in [6.45, 7) is 8.04. The van der Waals surface area contributed by atoms with Crippen molar-refractivity contribution in [1.29, 1.82) is 0 Å². The number of aromatic nitrogens is 2. The zero-order chi connectivity index (χ0) is 18.0. The Kier molecular flexibility index (Phi) is 5.02. The Balaban J connectivity index is 1.25. The molecule has 2 aromatic heterocycles. The molecule has 2 fully saturated rings. The van der Waals surface area contributed by atoms with Crippen LogP contribution in [0.3, 0.4) is 0 Å². The van der Waals surface area contributed by atoms with Gasteiger partial charge >= 0.3 is 0 Å². The van der Waals surface area contributed by atoms with Crippen LogP contribution in [0.5, 0.6) is 0 Å². The van der Waals surface area contributed by atoms with E-state index in [2.05, 4.69) is 39.8 Å². The van der Waals surface area contributed by atoms with Crippen LogP contribution in [0, 0.1) is 12.8 Å². The highest BCUT2D eigenvalue weighted by molar-refractivity contribution is 5.19. The smallest absolute Gasteiger partial charge is 0.0718 e. The van der Waals surface area contributed by atoms with Crippen LogP contribution >= 0.6 is 0 Å². The zero-order valence-corrected chi connectivity index (χ0v) is 15.8. The van der Waals surface area contributed by atoms with Gasteiger partial charge in [-0.15, -0.1) is 0 Å². The standard InChI is InChI=1S/C21H28N4O/c1-17-4-3-7-23-20(17)12-25-15-21(16-25)10-19(11-24(21)2)14-26-13-18-5-8-22-9-6-18/h3-9,19H,10-16H2,1-2H3. The third-order valence-electron chi connectivity index (χ3n) is 5.91. The number of ether oxygens (including phenoxy) is 1. The first-order valence-corrected chi connectivity index (χ1v) is 9.45. The molecule has 0 bridgehead atoms. The molecule has 1 unspecified atom stereocenters. The van der Waals surface area contributed by atoms with Gasteiger partial charge in [-0.2, -0.15) is 0 Å². The maximum absolute atomic E-state index is 5.97. The number of likely N-dealkylation sites (tertiary alicyclic amines) is 2. The van der Waals surface area contributed by atoms with Gasteiger partial charge in [0.1, 0.15) is 0 Å². The topological polar surface area (TPSA) is 41.5 Å². The van der Waals surface area contributed by atoms with E-state index in [4.69, 9.17) is 4.74 Å². The molecule has 2 saturated heterocycles. The zero-order valence-electron chi connectivity index (χ0n) is 15.8. The summed E-state index contributed by atoms with van der Waals surface area (Å²) in [7, 11) is 2.27. The van der Waals surface area contributed by atoms with Crippen LogP contribution in [0.15, 0.2) is 42.9 Å². The summed E-state index contributed by atoms with van der Waals surface area (Å²) in [4.78, 5) is 13.7. The highest BCUT2D eigenvalue weighted by atomic mass is 16.5. The van der Waals surface area contributed by atoms with Gasteiger partial charge < -0.3 is 4.74 Å². The molecule has 2 aromatic rings. The Morgan fingerprint density at radius 1 is 1.19 bits per heavy atom. The van der Waals surface area contributed by atoms with Crippen LogP contribution in [0.1, 0.15) is 23.2 Å². The molecule has 4 rings (SSSR count). The van der Waals surface area contributed by atoms with Crippen molar-refractivity contribution in [3.8, 4) is 0 Å². The Morgan fingerprint density at radius 2 is 2.00 bits per heavy atom. The van der Waals surface area contributed by atoms with Gasteiger partial charge in [0.2, 0.25) is 0 Å². The quantitative estimate of drug-likeness (QED) is 0.799. The van der Waals surface area contributed by atoms with Crippen molar-refractivity contribution in [3.05, 3.63) is 59.7 Å². The van der Waals surface area contributed by atoms with E-state index in [1.165, 1.54) is 23.2 Å². The number of nitrogens with zero attached hydrogens (tertiary/aromatic N) is 4. The molecule has 0 aliphatic carbocycles. The molecule has 0 amide bonds. The van der Waals surface area contributed by atoms with Gasteiger partial charge in [-0.3, -0.25) is 19.8 Å². The number of aryl methyl sites for hydroxylation is 1. The molecular weight excluding hydrogens is 324 g/mol. The lowest BCUT2D eigenvalue weighted by molar-refractivity contribution is -0.0234. The summed E-state index contributed by atoms with van der Waals surface area (Å²) in [5, 5.41) is 0. The first-order chi connectivity index (χ1) is 12.6. The molecule has 0 radical (unpaired) electrons. The molecule has 138 valence electrons. The summed E-state index contributed by atoms with van der Waals surface area (Å²) in [6, 6.07) is 8.20. The SMILES string of the molecule is Cc1cccnc1CN1CC2(CC(COCc3ccncc3)CN2C)C1. The highest BCUT2D eigenvalue weighted by Gasteiger charge is 2.51. The Labute approximate surface area is 156 Å².